The molecule has 0 atom stereocenters. The second-order valence-electron chi connectivity index (χ2n) is 6.77. The number of carbonyl (C=O) groups excluding carboxylic acids is 1. The number of oxazole rings is 1. The highest BCUT2D eigenvalue weighted by molar-refractivity contribution is 5.92. The van der Waals surface area contributed by atoms with Crippen LogP contribution in [0.3, 0.4) is 0 Å². The first kappa shape index (κ1) is 17.0. The molecule has 6 nitrogen and oxygen atoms in total. The Labute approximate surface area is 146 Å². The lowest BCUT2D eigenvalue weighted by Gasteiger charge is -2.22. The number of nitrogens with zero attached hydrogens (tertiary/aromatic N) is 3. The Bertz CT molecular complexity index is 878. The summed E-state index contributed by atoms with van der Waals surface area (Å²) in [5.41, 5.74) is 2.72. The highest BCUT2D eigenvalue weighted by atomic mass is 16.3. The second kappa shape index (κ2) is 6.55. The van der Waals surface area contributed by atoms with Crippen molar-refractivity contribution in [3.05, 3.63) is 59.7 Å². The topological polar surface area (TPSA) is 73.0 Å². The molecule has 130 valence electrons. The molecule has 3 rings (SSSR count). The van der Waals surface area contributed by atoms with E-state index >= 15 is 0 Å². The number of hydrogen-bond donors (Lipinski definition) is 1. The lowest BCUT2D eigenvalue weighted by atomic mass is 9.90. The van der Waals surface area contributed by atoms with E-state index in [9.17, 15) is 4.79 Å². The molecule has 0 aliphatic rings. The van der Waals surface area contributed by atoms with Crippen LogP contribution >= 0.6 is 0 Å². The fourth-order valence-electron chi connectivity index (χ4n) is 2.60. The third kappa shape index (κ3) is 3.63. The van der Waals surface area contributed by atoms with E-state index in [2.05, 4.69) is 15.4 Å². The molecular weight excluding hydrogens is 316 g/mol. The van der Waals surface area contributed by atoms with Gasteiger partial charge in [0.25, 0.3) is 5.91 Å². The number of benzene rings is 1. The highest BCUT2D eigenvalue weighted by Crippen LogP contribution is 2.26. The fraction of sp³-hybridized carbons (Fsp3) is 0.316. The Balaban J connectivity index is 1.71. The maximum Gasteiger partial charge on any atom is 0.269 e. The molecule has 0 saturated carbocycles. The van der Waals surface area contributed by atoms with Gasteiger partial charge in [0.05, 0.1) is 11.4 Å². The minimum absolute atomic E-state index is 0.150. The molecule has 0 aliphatic heterocycles. The Kier molecular flexibility index (Phi) is 4.44. The second-order valence-corrected chi connectivity index (χ2v) is 6.77. The number of amides is 1. The molecule has 0 radical (unpaired) electrons. The van der Waals surface area contributed by atoms with Gasteiger partial charge in [-0.3, -0.25) is 9.48 Å². The maximum absolute atomic E-state index is 12.4. The molecule has 0 bridgehead atoms. The zero-order valence-corrected chi connectivity index (χ0v) is 14.9. The van der Waals surface area contributed by atoms with Gasteiger partial charge in [0.15, 0.2) is 0 Å². The van der Waals surface area contributed by atoms with Gasteiger partial charge in [0.2, 0.25) is 5.89 Å². The van der Waals surface area contributed by atoms with Gasteiger partial charge in [-0.25, -0.2) is 4.98 Å². The van der Waals surface area contributed by atoms with Crippen molar-refractivity contribution in [1.82, 2.24) is 20.1 Å². The lowest BCUT2D eigenvalue weighted by Crippen LogP contribution is -2.37. The molecule has 2 aromatic heterocycles. The monoisotopic (exact) mass is 338 g/mol. The normalized spacial score (nSPS) is 11.5. The highest BCUT2D eigenvalue weighted by Gasteiger charge is 2.26. The van der Waals surface area contributed by atoms with Crippen LogP contribution in [0.2, 0.25) is 0 Å². The molecule has 1 amide bonds. The van der Waals surface area contributed by atoms with Crippen LogP contribution in [0.25, 0.3) is 11.5 Å². The molecule has 25 heavy (non-hydrogen) atoms. The van der Waals surface area contributed by atoms with Gasteiger partial charge >= 0.3 is 0 Å². The summed E-state index contributed by atoms with van der Waals surface area (Å²) in [6, 6.07) is 11.5. The summed E-state index contributed by atoms with van der Waals surface area (Å²) >= 11 is 0. The van der Waals surface area contributed by atoms with Crippen molar-refractivity contribution in [2.75, 3.05) is 6.54 Å². The van der Waals surface area contributed by atoms with E-state index in [0.717, 1.165) is 17.0 Å². The molecule has 0 spiro atoms. The fourth-order valence-corrected chi connectivity index (χ4v) is 2.60. The Hall–Kier alpha value is -2.89. The summed E-state index contributed by atoms with van der Waals surface area (Å²) in [6.45, 7) is 6.35. The smallest absolute Gasteiger partial charge is 0.269 e. The van der Waals surface area contributed by atoms with E-state index in [1.807, 2.05) is 51.1 Å². The van der Waals surface area contributed by atoms with Gasteiger partial charge in [0, 0.05) is 24.6 Å². The van der Waals surface area contributed by atoms with Crippen LogP contribution in [0.4, 0.5) is 0 Å². The number of hydrogen-bond acceptors (Lipinski definition) is 4. The molecule has 6 heteroatoms. The summed E-state index contributed by atoms with van der Waals surface area (Å²) in [7, 11) is 1.76. The molecule has 1 N–H and O–H groups in total. The summed E-state index contributed by atoms with van der Waals surface area (Å²) in [4.78, 5) is 17.0. The van der Waals surface area contributed by atoms with Crippen molar-refractivity contribution >= 4 is 5.91 Å². The minimum atomic E-state index is -0.361. The van der Waals surface area contributed by atoms with Gasteiger partial charge in [-0.2, -0.15) is 5.10 Å². The molecule has 1 aromatic carbocycles. The third-order valence-electron chi connectivity index (χ3n) is 4.14. The molecule has 0 saturated heterocycles. The maximum atomic E-state index is 12.4. The van der Waals surface area contributed by atoms with Crippen molar-refractivity contribution in [1.29, 1.82) is 0 Å². The molecule has 3 aromatic rings. The van der Waals surface area contributed by atoms with Crippen molar-refractivity contribution in [2.45, 2.75) is 26.2 Å². The Morgan fingerprint density at radius 2 is 2.00 bits per heavy atom. The average Bonchev–Trinajstić information content (AvgIpc) is 3.21. The Morgan fingerprint density at radius 3 is 2.64 bits per heavy atom. The van der Waals surface area contributed by atoms with Crippen LogP contribution in [0.5, 0.6) is 0 Å². The first-order valence-electron chi connectivity index (χ1n) is 8.17. The van der Waals surface area contributed by atoms with Crippen molar-refractivity contribution < 1.29 is 9.21 Å². The number of carbonyl (C=O) groups is 1. The van der Waals surface area contributed by atoms with Crippen molar-refractivity contribution in [2.24, 2.45) is 7.05 Å². The summed E-state index contributed by atoms with van der Waals surface area (Å²) in [5.74, 6) is 0.431. The van der Waals surface area contributed by atoms with E-state index in [4.69, 9.17) is 4.42 Å². The van der Waals surface area contributed by atoms with E-state index in [-0.39, 0.29) is 11.3 Å². The summed E-state index contributed by atoms with van der Waals surface area (Å²) in [5, 5.41) is 7.16. The number of aryl methyl sites for hydroxylation is 2. The van der Waals surface area contributed by atoms with E-state index in [1.54, 1.807) is 24.1 Å². The van der Waals surface area contributed by atoms with Crippen LogP contribution in [0, 0.1) is 6.92 Å². The van der Waals surface area contributed by atoms with E-state index in [0.29, 0.717) is 18.1 Å². The minimum Gasteiger partial charge on any atom is -0.444 e. The first-order chi connectivity index (χ1) is 11.9. The quantitative estimate of drug-likeness (QED) is 0.776. The van der Waals surface area contributed by atoms with Crippen LogP contribution in [-0.4, -0.2) is 27.2 Å². The Morgan fingerprint density at radius 1 is 1.28 bits per heavy atom. The number of rotatable bonds is 5. The predicted octanol–water partition coefficient (Wildman–Crippen LogP) is 3.09. The van der Waals surface area contributed by atoms with Crippen molar-refractivity contribution in [3.8, 4) is 11.5 Å². The molecule has 0 aliphatic carbocycles. The average molecular weight is 338 g/mol. The summed E-state index contributed by atoms with van der Waals surface area (Å²) < 4.78 is 7.20. The zero-order valence-electron chi connectivity index (χ0n) is 14.9. The van der Waals surface area contributed by atoms with E-state index in [1.165, 1.54) is 0 Å². The molecule has 2 heterocycles. The standard InChI is InChI=1S/C19H22N4O2/c1-13-10-15(23(4)22-13)17(24)20-12-19(2,3)16-11-25-18(21-16)14-8-6-5-7-9-14/h5-11H,12H2,1-4H3,(H,20,24). The van der Waals surface area contributed by atoms with Gasteiger partial charge in [-0.1, -0.05) is 32.0 Å². The SMILES string of the molecule is Cc1cc(C(=O)NCC(C)(C)c2coc(-c3ccccc3)n2)n(C)n1. The van der Waals surface area contributed by atoms with Gasteiger partial charge in [0.1, 0.15) is 12.0 Å². The summed E-state index contributed by atoms with van der Waals surface area (Å²) in [6.07, 6.45) is 1.66. The van der Waals surface area contributed by atoms with Crippen LogP contribution in [0.15, 0.2) is 47.1 Å². The van der Waals surface area contributed by atoms with Gasteiger partial charge in [-0.05, 0) is 25.1 Å². The first-order valence-corrected chi connectivity index (χ1v) is 8.17. The number of aromatic nitrogens is 3. The molecule has 0 unspecified atom stereocenters. The number of nitrogens with one attached hydrogen (secondary N) is 1. The molecule has 0 fully saturated rings. The van der Waals surface area contributed by atoms with Crippen LogP contribution < -0.4 is 5.32 Å². The zero-order chi connectivity index (χ0) is 18.0. The van der Waals surface area contributed by atoms with Crippen molar-refractivity contribution in [3.63, 3.8) is 0 Å². The van der Waals surface area contributed by atoms with Crippen LogP contribution in [-0.2, 0) is 12.5 Å². The third-order valence-corrected chi connectivity index (χ3v) is 4.14. The van der Waals surface area contributed by atoms with Crippen LogP contribution in [0.1, 0.15) is 35.7 Å². The van der Waals surface area contributed by atoms with Gasteiger partial charge < -0.3 is 9.73 Å². The largest absolute Gasteiger partial charge is 0.444 e. The molecular formula is C19H22N4O2. The van der Waals surface area contributed by atoms with Gasteiger partial charge in [-0.15, -0.1) is 0 Å². The van der Waals surface area contributed by atoms with E-state index < -0.39 is 0 Å². The lowest BCUT2D eigenvalue weighted by molar-refractivity contribution is 0.0936. The predicted molar refractivity (Wildman–Crippen MR) is 95.2 cm³/mol.